The first-order chi connectivity index (χ1) is 11.8. The summed E-state index contributed by atoms with van der Waals surface area (Å²) in [5, 5.41) is 4.59. The number of aromatic nitrogens is 1. The van der Waals surface area contributed by atoms with Crippen LogP contribution in [0, 0.1) is 19.8 Å². The second-order valence-corrected chi connectivity index (χ2v) is 8.07. The first-order valence-electron chi connectivity index (χ1n) is 8.60. The third-order valence-electron chi connectivity index (χ3n) is 5.23. The van der Waals surface area contributed by atoms with Gasteiger partial charge in [-0.2, -0.15) is 13.2 Å². The SMILES string of the molecule is Cc1cc(C)c2c3c(sc2n1)C(NC1CCC(C(F)(F)F)CC1)=NC3. The predicted octanol–water partition coefficient (Wildman–Crippen LogP) is 4.88. The summed E-state index contributed by atoms with van der Waals surface area (Å²) in [6.07, 6.45) is -2.57. The minimum absolute atomic E-state index is 0.0734. The fourth-order valence-electron chi connectivity index (χ4n) is 3.96. The van der Waals surface area contributed by atoms with Gasteiger partial charge in [0.25, 0.3) is 0 Å². The van der Waals surface area contributed by atoms with Crippen molar-refractivity contribution in [3.8, 4) is 0 Å². The van der Waals surface area contributed by atoms with Gasteiger partial charge in [-0.25, -0.2) is 4.98 Å². The highest BCUT2D eigenvalue weighted by Gasteiger charge is 2.41. The lowest BCUT2D eigenvalue weighted by molar-refractivity contribution is -0.182. The molecule has 0 spiro atoms. The molecule has 3 heterocycles. The Morgan fingerprint density at radius 3 is 2.56 bits per heavy atom. The highest BCUT2D eigenvalue weighted by molar-refractivity contribution is 7.20. The van der Waals surface area contributed by atoms with Gasteiger partial charge in [0.05, 0.1) is 17.3 Å². The highest BCUT2D eigenvalue weighted by Crippen LogP contribution is 2.39. The van der Waals surface area contributed by atoms with Gasteiger partial charge < -0.3 is 5.32 Å². The summed E-state index contributed by atoms with van der Waals surface area (Å²) < 4.78 is 38.4. The number of thiophene rings is 1. The minimum Gasteiger partial charge on any atom is -0.366 e. The van der Waals surface area contributed by atoms with Crippen molar-refractivity contribution in [2.75, 3.05) is 0 Å². The zero-order valence-electron chi connectivity index (χ0n) is 14.2. The maximum atomic E-state index is 12.8. The Morgan fingerprint density at radius 2 is 1.88 bits per heavy atom. The molecule has 0 radical (unpaired) electrons. The van der Waals surface area contributed by atoms with Gasteiger partial charge in [-0.05, 0) is 51.2 Å². The third kappa shape index (κ3) is 3.03. The Kier molecular flexibility index (Phi) is 4.02. The number of hydrogen-bond acceptors (Lipinski definition) is 4. The monoisotopic (exact) mass is 367 g/mol. The van der Waals surface area contributed by atoms with E-state index in [4.69, 9.17) is 0 Å². The van der Waals surface area contributed by atoms with Crippen molar-refractivity contribution >= 4 is 27.4 Å². The lowest BCUT2D eigenvalue weighted by Gasteiger charge is -2.30. The molecule has 2 aliphatic rings. The minimum atomic E-state index is -4.06. The van der Waals surface area contributed by atoms with E-state index in [0.717, 1.165) is 21.2 Å². The standard InChI is InChI=1S/C18H20F3N3S/c1-9-7-10(2)23-17-14(9)13-8-22-16(15(13)25-17)24-12-5-3-11(4-6-12)18(19,20)21/h7,11-12H,3-6,8H2,1-2H3,(H,22,24). The summed E-state index contributed by atoms with van der Waals surface area (Å²) in [6.45, 7) is 4.71. The summed E-state index contributed by atoms with van der Waals surface area (Å²) in [6, 6.07) is 2.16. The topological polar surface area (TPSA) is 37.3 Å². The Balaban J connectivity index is 1.51. The molecule has 3 nitrogen and oxygen atoms in total. The summed E-state index contributed by atoms with van der Waals surface area (Å²) in [5.74, 6) is -0.309. The molecular formula is C18H20F3N3S. The summed E-state index contributed by atoms with van der Waals surface area (Å²) in [4.78, 5) is 11.4. The fourth-order valence-corrected chi connectivity index (χ4v) is 5.24. The van der Waals surface area contributed by atoms with Crippen LogP contribution >= 0.6 is 11.3 Å². The Hall–Kier alpha value is -1.63. The van der Waals surface area contributed by atoms with Crippen molar-refractivity contribution < 1.29 is 13.2 Å². The number of halogens is 3. The maximum absolute atomic E-state index is 12.8. The smallest absolute Gasteiger partial charge is 0.366 e. The van der Waals surface area contributed by atoms with E-state index in [1.807, 2.05) is 6.92 Å². The zero-order chi connectivity index (χ0) is 17.8. The Morgan fingerprint density at radius 1 is 1.16 bits per heavy atom. The highest BCUT2D eigenvalue weighted by atomic mass is 32.1. The molecule has 134 valence electrons. The molecular weight excluding hydrogens is 347 g/mol. The van der Waals surface area contributed by atoms with Crippen molar-refractivity contribution in [2.45, 2.75) is 58.3 Å². The number of rotatable bonds is 1. The molecule has 0 aromatic carbocycles. The molecule has 0 bridgehead atoms. The predicted molar refractivity (Wildman–Crippen MR) is 94.3 cm³/mol. The van der Waals surface area contributed by atoms with Crippen molar-refractivity contribution in [3.05, 3.63) is 27.8 Å². The fraction of sp³-hybridized carbons (Fsp3) is 0.556. The van der Waals surface area contributed by atoms with Crippen LogP contribution in [-0.2, 0) is 6.54 Å². The number of aliphatic imine (C=N–C) groups is 1. The average Bonchev–Trinajstić information content (AvgIpc) is 3.06. The summed E-state index contributed by atoms with van der Waals surface area (Å²) in [5.41, 5.74) is 3.42. The Labute approximate surface area is 148 Å². The molecule has 1 fully saturated rings. The van der Waals surface area contributed by atoms with Gasteiger partial charge in [-0.1, -0.05) is 0 Å². The summed E-state index contributed by atoms with van der Waals surface area (Å²) >= 11 is 1.63. The zero-order valence-corrected chi connectivity index (χ0v) is 15.0. The molecule has 25 heavy (non-hydrogen) atoms. The van der Waals surface area contributed by atoms with Crippen LogP contribution < -0.4 is 5.32 Å². The van der Waals surface area contributed by atoms with Crippen LogP contribution in [0.5, 0.6) is 0 Å². The number of alkyl halides is 3. The van der Waals surface area contributed by atoms with Gasteiger partial charge in [0.2, 0.25) is 0 Å². The van der Waals surface area contributed by atoms with Crippen molar-refractivity contribution in [1.82, 2.24) is 10.3 Å². The molecule has 0 atom stereocenters. The number of hydrogen-bond donors (Lipinski definition) is 1. The van der Waals surface area contributed by atoms with E-state index in [2.05, 4.69) is 28.3 Å². The molecule has 7 heteroatoms. The first-order valence-corrected chi connectivity index (χ1v) is 9.42. The Bertz CT molecular complexity index is 845. The van der Waals surface area contributed by atoms with Crippen LogP contribution in [0.2, 0.25) is 0 Å². The number of pyridine rings is 1. The molecule has 0 unspecified atom stereocenters. The second-order valence-electron chi connectivity index (χ2n) is 7.07. The van der Waals surface area contributed by atoms with E-state index in [0.29, 0.717) is 19.4 Å². The number of nitrogens with zero attached hydrogens (tertiary/aromatic N) is 2. The van der Waals surface area contributed by atoms with Crippen LogP contribution in [0.1, 0.15) is 47.4 Å². The molecule has 2 aromatic heterocycles. The molecule has 2 aromatic rings. The van der Waals surface area contributed by atoms with Gasteiger partial charge in [-0.15, -0.1) is 11.3 Å². The van der Waals surface area contributed by atoms with Gasteiger partial charge in [0, 0.05) is 22.7 Å². The van der Waals surface area contributed by atoms with Gasteiger partial charge >= 0.3 is 6.18 Å². The molecule has 0 amide bonds. The lowest BCUT2D eigenvalue weighted by atomic mass is 9.85. The van der Waals surface area contributed by atoms with Gasteiger partial charge in [-0.3, -0.25) is 4.99 Å². The summed E-state index contributed by atoms with van der Waals surface area (Å²) in [7, 11) is 0. The molecule has 4 rings (SSSR count). The molecule has 1 aliphatic carbocycles. The lowest BCUT2D eigenvalue weighted by Crippen LogP contribution is -2.39. The number of amidine groups is 1. The second kappa shape index (κ2) is 5.97. The van der Waals surface area contributed by atoms with Crippen LogP contribution in [0.25, 0.3) is 10.2 Å². The van der Waals surface area contributed by atoms with E-state index in [-0.39, 0.29) is 18.9 Å². The molecule has 0 saturated heterocycles. The first kappa shape index (κ1) is 16.8. The van der Waals surface area contributed by atoms with Crippen LogP contribution in [0.3, 0.4) is 0 Å². The number of aryl methyl sites for hydroxylation is 2. The quantitative estimate of drug-likeness (QED) is 0.780. The normalized spacial score (nSPS) is 23.6. The third-order valence-corrected chi connectivity index (χ3v) is 6.36. The van der Waals surface area contributed by atoms with Crippen molar-refractivity contribution in [3.63, 3.8) is 0 Å². The maximum Gasteiger partial charge on any atom is 0.391 e. The van der Waals surface area contributed by atoms with Crippen LogP contribution in [-0.4, -0.2) is 23.0 Å². The van der Waals surface area contributed by atoms with E-state index in [9.17, 15) is 13.2 Å². The largest absolute Gasteiger partial charge is 0.391 e. The van der Waals surface area contributed by atoms with Gasteiger partial charge in [0.15, 0.2) is 0 Å². The molecule has 1 N–H and O–H groups in total. The van der Waals surface area contributed by atoms with E-state index in [1.165, 1.54) is 16.5 Å². The van der Waals surface area contributed by atoms with Crippen LogP contribution in [0.4, 0.5) is 13.2 Å². The van der Waals surface area contributed by atoms with E-state index in [1.54, 1.807) is 11.3 Å². The van der Waals surface area contributed by atoms with Gasteiger partial charge in [0.1, 0.15) is 10.7 Å². The number of nitrogens with one attached hydrogen (secondary N) is 1. The molecule has 1 saturated carbocycles. The van der Waals surface area contributed by atoms with E-state index >= 15 is 0 Å². The van der Waals surface area contributed by atoms with Crippen molar-refractivity contribution in [1.29, 1.82) is 0 Å². The molecule has 1 aliphatic heterocycles. The average molecular weight is 367 g/mol. The van der Waals surface area contributed by atoms with E-state index < -0.39 is 12.1 Å². The van der Waals surface area contributed by atoms with Crippen LogP contribution in [0.15, 0.2) is 11.1 Å². The van der Waals surface area contributed by atoms with Crippen molar-refractivity contribution in [2.24, 2.45) is 10.9 Å². The number of fused-ring (bicyclic) bond motifs is 3.